The molecule has 0 bridgehead atoms. The van der Waals surface area contributed by atoms with Crippen molar-refractivity contribution in [1.82, 2.24) is 15.2 Å². The summed E-state index contributed by atoms with van der Waals surface area (Å²) in [6.45, 7) is 4.41. The standard InChI is InChI=1S/C24H26FN3OS/c1-17(29)27-23(24-26-11-13-30-24)21-5-3-12-28(16-21)15-18-7-9-19(10-8-18)20-4-2-6-22(25)14-20/h2,4,6-11,13-14,21,23H,3,5,12,15-16H2,1H3,(H,27,29)/t21-,23-/m1/s1. The fourth-order valence-electron chi connectivity index (χ4n) is 4.22. The third-order valence-corrected chi connectivity index (χ3v) is 6.47. The average molecular weight is 424 g/mol. The Bertz CT molecular complexity index is 974. The number of halogens is 1. The van der Waals surface area contributed by atoms with Gasteiger partial charge in [0.2, 0.25) is 5.91 Å². The second kappa shape index (κ2) is 9.49. The number of benzene rings is 2. The third kappa shape index (κ3) is 5.12. The lowest BCUT2D eigenvalue weighted by atomic mass is 9.90. The number of nitrogens with one attached hydrogen (secondary N) is 1. The number of aromatic nitrogens is 1. The van der Waals surface area contributed by atoms with Crippen molar-refractivity contribution in [1.29, 1.82) is 0 Å². The van der Waals surface area contributed by atoms with Gasteiger partial charge in [-0.3, -0.25) is 9.69 Å². The van der Waals surface area contributed by atoms with Crippen molar-refractivity contribution in [2.24, 2.45) is 5.92 Å². The Balaban J connectivity index is 1.43. The Hall–Kier alpha value is -2.57. The minimum absolute atomic E-state index is 0.0136. The number of hydrogen-bond acceptors (Lipinski definition) is 4. The molecule has 2 heterocycles. The van der Waals surface area contributed by atoms with Gasteiger partial charge in [0.15, 0.2) is 0 Å². The molecule has 2 aromatic carbocycles. The Kier molecular flexibility index (Phi) is 6.55. The topological polar surface area (TPSA) is 45.2 Å². The zero-order valence-electron chi connectivity index (χ0n) is 17.1. The first-order valence-electron chi connectivity index (χ1n) is 10.3. The molecule has 1 aromatic heterocycles. The van der Waals surface area contributed by atoms with Gasteiger partial charge in [-0.15, -0.1) is 11.3 Å². The van der Waals surface area contributed by atoms with E-state index in [-0.39, 0.29) is 17.8 Å². The molecule has 1 saturated heterocycles. The van der Waals surface area contributed by atoms with Crippen LogP contribution in [0.25, 0.3) is 11.1 Å². The second-order valence-corrected chi connectivity index (χ2v) is 8.82. The summed E-state index contributed by atoms with van der Waals surface area (Å²) in [4.78, 5) is 18.7. The maximum atomic E-state index is 13.5. The van der Waals surface area contributed by atoms with E-state index in [2.05, 4.69) is 39.5 Å². The number of likely N-dealkylation sites (tertiary alicyclic amines) is 1. The molecular formula is C24H26FN3OS. The summed E-state index contributed by atoms with van der Waals surface area (Å²) < 4.78 is 13.5. The molecule has 0 unspecified atom stereocenters. The minimum atomic E-state index is -0.218. The van der Waals surface area contributed by atoms with Crippen LogP contribution in [0, 0.1) is 11.7 Å². The highest BCUT2D eigenvalue weighted by Gasteiger charge is 2.30. The fraction of sp³-hybridized carbons (Fsp3) is 0.333. The lowest BCUT2D eigenvalue weighted by Crippen LogP contribution is -2.42. The molecule has 6 heteroatoms. The highest BCUT2D eigenvalue weighted by atomic mass is 32.1. The van der Waals surface area contributed by atoms with Gasteiger partial charge in [0.25, 0.3) is 0 Å². The van der Waals surface area contributed by atoms with Crippen LogP contribution in [0.2, 0.25) is 0 Å². The minimum Gasteiger partial charge on any atom is -0.347 e. The van der Waals surface area contributed by atoms with Crippen molar-refractivity contribution in [3.8, 4) is 11.1 Å². The number of hydrogen-bond donors (Lipinski definition) is 1. The van der Waals surface area contributed by atoms with Crippen LogP contribution in [0.3, 0.4) is 0 Å². The second-order valence-electron chi connectivity index (χ2n) is 7.89. The van der Waals surface area contributed by atoms with Crippen LogP contribution in [0.5, 0.6) is 0 Å². The van der Waals surface area contributed by atoms with E-state index in [9.17, 15) is 9.18 Å². The molecule has 1 amide bonds. The van der Waals surface area contributed by atoms with Crippen LogP contribution in [0.4, 0.5) is 4.39 Å². The van der Waals surface area contributed by atoms with Crippen molar-refractivity contribution in [2.75, 3.05) is 13.1 Å². The molecule has 0 radical (unpaired) electrons. The van der Waals surface area contributed by atoms with Gasteiger partial charge in [-0.1, -0.05) is 36.4 Å². The van der Waals surface area contributed by atoms with E-state index in [1.807, 2.05) is 11.4 Å². The van der Waals surface area contributed by atoms with Gasteiger partial charge in [0, 0.05) is 31.6 Å². The molecule has 1 fully saturated rings. The van der Waals surface area contributed by atoms with Crippen molar-refractivity contribution in [3.05, 3.63) is 76.5 Å². The molecule has 1 aliphatic heterocycles. The number of rotatable bonds is 6. The lowest BCUT2D eigenvalue weighted by Gasteiger charge is -2.36. The highest BCUT2D eigenvalue weighted by Crippen LogP contribution is 2.31. The zero-order chi connectivity index (χ0) is 20.9. The predicted octanol–water partition coefficient (Wildman–Crippen LogP) is 5.04. The van der Waals surface area contributed by atoms with E-state index in [4.69, 9.17) is 0 Å². The predicted molar refractivity (Wildman–Crippen MR) is 119 cm³/mol. The maximum Gasteiger partial charge on any atom is 0.217 e. The van der Waals surface area contributed by atoms with Crippen LogP contribution in [0.1, 0.15) is 36.4 Å². The molecule has 3 aromatic rings. The van der Waals surface area contributed by atoms with E-state index < -0.39 is 0 Å². The maximum absolute atomic E-state index is 13.5. The van der Waals surface area contributed by atoms with Crippen LogP contribution < -0.4 is 5.32 Å². The molecule has 2 atom stereocenters. The molecule has 1 N–H and O–H groups in total. The zero-order valence-corrected chi connectivity index (χ0v) is 17.9. The van der Waals surface area contributed by atoms with E-state index >= 15 is 0 Å². The molecule has 1 aliphatic rings. The van der Waals surface area contributed by atoms with E-state index in [0.717, 1.165) is 48.6 Å². The van der Waals surface area contributed by atoms with E-state index in [1.54, 1.807) is 36.6 Å². The lowest BCUT2D eigenvalue weighted by molar-refractivity contribution is -0.120. The molecule has 4 nitrogen and oxygen atoms in total. The van der Waals surface area contributed by atoms with E-state index in [1.165, 1.54) is 11.6 Å². The Morgan fingerprint density at radius 3 is 2.80 bits per heavy atom. The van der Waals surface area contributed by atoms with Crippen molar-refractivity contribution < 1.29 is 9.18 Å². The van der Waals surface area contributed by atoms with Crippen LogP contribution in [-0.4, -0.2) is 28.9 Å². The van der Waals surface area contributed by atoms with Gasteiger partial charge < -0.3 is 5.32 Å². The molecule has 156 valence electrons. The SMILES string of the molecule is CC(=O)N[C@@H](c1nccs1)[C@@H]1CCCN(Cc2ccc(-c3cccc(F)c3)cc2)C1. The monoisotopic (exact) mass is 423 g/mol. The smallest absolute Gasteiger partial charge is 0.217 e. The Labute approximate surface area is 180 Å². The quantitative estimate of drug-likeness (QED) is 0.604. The molecular weight excluding hydrogens is 397 g/mol. The Morgan fingerprint density at radius 1 is 1.27 bits per heavy atom. The highest BCUT2D eigenvalue weighted by molar-refractivity contribution is 7.09. The van der Waals surface area contributed by atoms with Gasteiger partial charge in [-0.05, 0) is 54.1 Å². The number of carbonyl (C=O) groups is 1. The van der Waals surface area contributed by atoms with Crippen LogP contribution >= 0.6 is 11.3 Å². The first kappa shape index (κ1) is 20.7. The van der Waals surface area contributed by atoms with E-state index in [0.29, 0.717) is 5.92 Å². The first-order valence-corrected chi connectivity index (χ1v) is 11.2. The summed E-state index contributed by atoms with van der Waals surface area (Å²) in [6.07, 6.45) is 3.99. The van der Waals surface area contributed by atoms with Gasteiger partial charge in [-0.2, -0.15) is 0 Å². The van der Waals surface area contributed by atoms with Gasteiger partial charge in [0.05, 0.1) is 6.04 Å². The summed E-state index contributed by atoms with van der Waals surface area (Å²) >= 11 is 1.60. The molecule has 30 heavy (non-hydrogen) atoms. The van der Waals surface area contributed by atoms with Gasteiger partial charge in [0.1, 0.15) is 10.8 Å². The summed E-state index contributed by atoms with van der Waals surface area (Å²) in [5.74, 6) is 0.116. The van der Waals surface area contributed by atoms with Crippen LogP contribution in [-0.2, 0) is 11.3 Å². The third-order valence-electron chi connectivity index (χ3n) is 5.61. The first-order chi connectivity index (χ1) is 14.6. The average Bonchev–Trinajstić information content (AvgIpc) is 3.27. The number of nitrogens with zero attached hydrogens (tertiary/aromatic N) is 2. The number of thiazole rings is 1. The fourth-order valence-corrected chi connectivity index (χ4v) is 5.00. The van der Waals surface area contributed by atoms with Crippen molar-refractivity contribution >= 4 is 17.2 Å². The normalized spacial score (nSPS) is 18.1. The summed E-state index contributed by atoms with van der Waals surface area (Å²) in [5, 5.41) is 6.06. The molecule has 0 saturated carbocycles. The Morgan fingerprint density at radius 2 is 2.10 bits per heavy atom. The number of amides is 1. The van der Waals surface area contributed by atoms with Crippen LogP contribution in [0.15, 0.2) is 60.1 Å². The number of carbonyl (C=O) groups excluding carboxylic acids is 1. The largest absolute Gasteiger partial charge is 0.347 e. The molecule has 0 aliphatic carbocycles. The van der Waals surface area contributed by atoms with Crippen molar-refractivity contribution in [3.63, 3.8) is 0 Å². The van der Waals surface area contributed by atoms with Crippen molar-refractivity contribution in [2.45, 2.75) is 32.4 Å². The number of piperidine rings is 1. The van der Waals surface area contributed by atoms with Gasteiger partial charge in [-0.25, -0.2) is 9.37 Å². The molecule has 4 rings (SSSR count). The summed E-state index contributed by atoms with van der Waals surface area (Å²) in [5.41, 5.74) is 3.14. The molecule has 0 spiro atoms. The summed E-state index contributed by atoms with van der Waals surface area (Å²) in [7, 11) is 0. The van der Waals surface area contributed by atoms with Gasteiger partial charge >= 0.3 is 0 Å². The summed E-state index contributed by atoms with van der Waals surface area (Å²) in [6, 6.07) is 15.0.